The van der Waals surface area contributed by atoms with Crippen molar-refractivity contribution in [2.75, 3.05) is 46.7 Å². The lowest BCUT2D eigenvalue weighted by molar-refractivity contribution is -0.385. The maximum atomic E-state index is 10.7. The molecule has 2 aliphatic rings. The molecule has 0 aliphatic heterocycles. The van der Waals surface area contributed by atoms with Gasteiger partial charge in [-0.15, -0.1) is 0 Å². The first-order valence-corrected chi connectivity index (χ1v) is 19.9. The van der Waals surface area contributed by atoms with Gasteiger partial charge in [-0.25, -0.2) is 39.9 Å². The third kappa shape index (κ3) is 12.2. The van der Waals surface area contributed by atoms with Crippen LogP contribution in [0.4, 0.5) is 40.7 Å². The normalized spacial score (nSPS) is 18.3. The Morgan fingerprint density at radius 3 is 1.48 bits per heavy atom. The summed E-state index contributed by atoms with van der Waals surface area (Å²) in [7, 11) is 1.85. The van der Waals surface area contributed by atoms with Gasteiger partial charge >= 0.3 is 11.4 Å². The molecule has 8 rings (SSSR count). The molecule has 19 nitrogen and oxygen atoms in total. The number of nitrogens with zero attached hydrogens (tertiary/aromatic N) is 10. The summed E-state index contributed by atoms with van der Waals surface area (Å²) in [4.78, 5) is 54.0. The quantitative estimate of drug-likeness (QED) is 0.0413. The Balaban J connectivity index is 0.000000224. The molecule has 0 amide bonds. The minimum atomic E-state index is -0.507. The molecule has 2 aliphatic carbocycles. The molecule has 0 atom stereocenters. The highest BCUT2D eigenvalue weighted by atomic mass is 35.5. The van der Waals surface area contributed by atoms with E-state index in [0.29, 0.717) is 46.5 Å². The Bertz CT molecular complexity index is 2360. The smallest absolute Gasteiger partial charge is 0.305 e. The Morgan fingerprint density at radius 2 is 1.03 bits per heavy atom. The predicted molar refractivity (Wildman–Crippen MR) is 240 cm³/mol. The Labute approximate surface area is 358 Å². The third-order valence-corrected chi connectivity index (χ3v) is 10.9. The lowest BCUT2D eigenvalue weighted by atomic mass is 9.86. The van der Waals surface area contributed by atoms with Gasteiger partial charge in [0.1, 0.15) is 47.5 Å². The second kappa shape index (κ2) is 21.6. The Morgan fingerprint density at radius 1 is 0.607 bits per heavy atom. The zero-order valence-corrected chi connectivity index (χ0v) is 33.0. The first-order chi connectivity index (χ1) is 28.7. The van der Waals surface area contributed by atoms with Crippen LogP contribution in [0.25, 0.3) is 21.8 Å². The first-order valence-electron chi connectivity index (χ1n) is 19.5. The number of hydrogen-bond donors (Lipinski definition) is 5. The van der Waals surface area contributed by atoms with Crippen LogP contribution < -0.4 is 26.6 Å². The minimum Gasteiger partial charge on any atom is -0.371 e. The van der Waals surface area contributed by atoms with Gasteiger partial charge in [-0.2, -0.15) is 0 Å². The number of aromatic nitrogens is 8. The van der Waals surface area contributed by atoms with Crippen molar-refractivity contribution in [2.24, 2.45) is 11.8 Å². The molecule has 20 heteroatoms. The average molecular weight is 854 g/mol. The Hall–Kier alpha value is -6.63. The van der Waals surface area contributed by atoms with E-state index in [1.54, 1.807) is 12.4 Å². The standard InChI is InChI=1S/C20H24N8O2.C19H20ClN7O2.2CH4/c1-21-19-18-14(8-9-22-19)4-7-17(27-18)26-15-5-2-13(3-6-15)10-23-20-24-11-16(12-25-20)28(29)30;20-18-17-13(7-8-21-18)3-6-16(26-17)25-14-4-1-12(2-5-14)9-22-19-23-10-15(11-24-19)27(28)29;;/h4,7-9,11-13,15H,2-3,5-6,10H2,1H3,(H,21,22)(H,26,27)(H,23,24,25);3,6-8,10-12,14H,1-2,4-5,9H2,(H,25,26)(H,22,23,24);2*1H4. The second-order valence-corrected chi connectivity index (χ2v) is 14.9. The fourth-order valence-electron chi connectivity index (χ4n) is 7.33. The van der Waals surface area contributed by atoms with Crippen LogP contribution >= 0.6 is 11.6 Å². The van der Waals surface area contributed by atoms with Crippen LogP contribution in [0.5, 0.6) is 0 Å². The summed E-state index contributed by atoms with van der Waals surface area (Å²) in [5, 5.41) is 40.3. The van der Waals surface area contributed by atoms with Crippen LogP contribution in [0.3, 0.4) is 0 Å². The van der Waals surface area contributed by atoms with Crippen molar-refractivity contribution in [2.45, 2.75) is 78.3 Å². The van der Waals surface area contributed by atoms with E-state index in [1.807, 2.05) is 37.4 Å². The van der Waals surface area contributed by atoms with Gasteiger partial charge in [0.25, 0.3) is 0 Å². The van der Waals surface area contributed by atoms with Crippen molar-refractivity contribution in [1.29, 1.82) is 0 Å². The topological polar surface area (TPSA) is 250 Å². The van der Waals surface area contributed by atoms with Crippen molar-refractivity contribution in [3.8, 4) is 0 Å². The largest absolute Gasteiger partial charge is 0.371 e. The van der Waals surface area contributed by atoms with Gasteiger partial charge in [-0.1, -0.05) is 26.5 Å². The molecular weight excluding hydrogens is 802 g/mol. The van der Waals surface area contributed by atoms with E-state index < -0.39 is 9.85 Å². The van der Waals surface area contributed by atoms with Gasteiger partial charge in [0.2, 0.25) is 11.9 Å². The molecule has 6 aromatic heterocycles. The SMILES string of the molecule is C.C.CNc1nccc2ccc(NC3CCC(CNc4ncc([N+](=O)[O-])cn4)CC3)nc12.O=[N+]([O-])c1cnc(NCC2CCC(Nc3ccc4ccnc(Cl)c4n3)CC2)nc1. The number of nitro groups is 2. The van der Waals surface area contributed by atoms with Gasteiger partial charge in [-0.05, 0) is 99.6 Å². The van der Waals surface area contributed by atoms with Gasteiger partial charge in [0, 0.05) is 55.4 Å². The van der Waals surface area contributed by atoms with Crippen LogP contribution in [0.15, 0.2) is 73.6 Å². The van der Waals surface area contributed by atoms with Gasteiger partial charge < -0.3 is 26.6 Å². The fraction of sp³-hybridized carbons (Fsp3) is 0.415. The van der Waals surface area contributed by atoms with E-state index in [9.17, 15) is 20.2 Å². The molecule has 6 heterocycles. The van der Waals surface area contributed by atoms with Crippen molar-refractivity contribution in [3.05, 3.63) is 99.0 Å². The van der Waals surface area contributed by atoms with Crippen LogP contribution in [-0.2, 0) is 0 Å². The van der Waals surface area contributed by atoms with Gasteiger partial charge in [0.05, 0.1) is 9.85 Å². The first kappa shape index (κ1) is 45.5. The predicted octanol–water partition coefficient (Wildman–Crippen LogP) is 8.79. The fourth-order valence-corrected chi connectivity index (χ4v) is 7.54. The summed E-state index contributed by atoms with van der Waals surface area (Å²) in [6.45, 7) is 1.51. The number of nitrogens with one attached hydrogen (secondary N) is 5. The number of fused-ring (bicyclic) bond motifs is 2. The minimum absolute atomic E-state index is 0. The molecule has 61 heavy (non-hydrogen) atoms. The van der Waals surface area contributed by atoms with E-state index in [2.05, 4.69) is 67.5 Å². The summed E-state index contributed by atoms with van der Waals surface area (Å²) in [5.41, 5.74) is 1.36. The molecule has 322 valence electrons. The third-order valence-electron chi connectivity index (χ3n) is 10.6. The zero-order valence-electron chi connectivity index (χ0n) is 32.3. The molecule has 0 spiro atoms. The van der Waals surface area contributed by atoms with Crippen LogP contribution in [0, 0.1) is 32.1 Å². The molecule has 6 aromatic rings. The number of pyridine rings is 4. The summed E-state index contributed by atoms with van der Waals surface area (Å²) < 4.78 is 0. The van der Waals surface area contributed by atoms with Gasteiger partial charge in [-0.3, -0.25) is 20.2 Å². The number of hydrogen-bond acceptors (Lipinski definition) is 17. The molecule has 0 radical (unpaired) electrons. The molecular formula is C41H52ClN15O4. The lowest BCUT2D eigenvalue weighted by Crippen LogP contribution is -2.29. The molecule has 5 N–H and O–H groups in total. The number of rotatable bonds is 13. The van der Waals surface area contributed by atoms with E-state index in [0.717, 1.165) is 98.2 Å². The van der Waals surface area contributed by atoms with Crippen LogP contribution in [0.1, 0.15) is 66.2 Å². The monoisotopic (exact) mass is 853 g/mol. The molecule has 0 aromatic carbocycles. The molecule has 2 fully saturated rings. The average Bonchev–Trinajstić information content (AvgIpc) is 3.26. The van der Waals surface area contributed by atoms with Crippen LogP contribution in [0.2, 0.25) is 5.15 Å². The highest BCUT2D eigenvalue weighted by molar-refractivity contribution is 6.33. The maximum absolute atomic E-state index is 10.7. The zero-order chi connectivity index (χ0) is 41.1. The maximum Gasteiger partial charge on any atom is 0.305 e. The van der Waals surface area contributed by atoms with E-state index >= 15 is 0 Å². The number of halogens is 1. The summed E-state index contributed by atoms with van der Waals surface area (Å²) in [6.07, 6.45) is 16.8. The molecule has 0 saturated heterocycles. The van der Waals surface area contributed by atoms with Crippen molar-refractivity contribution in [3.63, 3.8) is 0 Å². The number of anilines is 5. The molecule has 2 saturated carbocycles. The van der Waals surface area contributed by atoms with E-state index in [4.69, 9.17) is 16.6 Å². The highest BCUT2D eigenvalue weighted by Crippen LogP contribution is 2.30. The lowest BCUT2D eigenvalue weighted by Gasteiger charge is -2.29. The molecule has 0 bridgehead atoms. The van der Waals surface area contributed by atoms with E-state index in [-0.39, 0.29) is 26.2 Å². The van der Waals surface area contributed by atoms with Crippen molar-refractivity contribution < 1.29 is 9.85 Å². The van der Waals surface area contributed by atoms with Gasteiger partial charge in [0.15, 0.2) is 11.0 Å². The summed E-state index contributed by atoms with van der Waals surface area (Å²) in [5.74, 6) is 4.33. The highest BCUT2D eigenvalue weighted by Gasteiger charge is 2.23. The Kier molecular flexibility index (Phi) is 16.1. The van der Waals surface area contributed by atoms with Crippen molar-refractivity contribution in [1.82, 2.24) is 39.9 Å². The summed E-state index contributed by atoms with van der Waals surface area (Å²) >= 11 is 6.15. The summed E-state index contributed by atoms with van der Waals surface area (Å²) in [6, 6.07) is 12.6. The molecule has 0 unspecified atom stereocenters. The van der Waals surface area contributed by atoms with Crippen molar-refractivity contribution >= 4 is 74.1 Å². The van der Waals surface area contributed by atoms with E-state index in [1.165, 1.54) is 24.8 Å². The second-order valence-electron chi connectivity index (χ2n) is 14.6. The van der Waals surface area contributed by atoms with Crippen LogP contribution in [-0.4, -0.2) is 81.9 Å².